The molecule has 1 amide bonds. The van der Waals surface area contributed by atoms with Crippen LogP contribution in [-0.2, 0) is 19.3 Å². The zero-order valence-corrected chi connectivity index (χ0v) is 18.1. The third kappa shape index (κ3) is 4.00. The molecule has 3 aromatic rings. The highest BCUT2D eigenvalue weighted by atomic mass is 16.2. The number of para-hydroxylation sites is 1. The maximum Gasteiger partial charge on any atom is 0.276 e. The fourth-order valence-corrected chi connectivity index (χ4v) is 4.66. The quantitative estimate of drug-likeness (QED) is 0.683. The number of carbonyl (C=O) groups is 1. The Kier molecular flexibility index (Phi) is 5.55. The Bertz CT molecular complexity index is 1070. The molecule has 1 fully saturated rings. The standard InChI is InChI=1S/C25H29N5O/c1-2-23-24(30(28-27-23)22-7-4-3-5-8-22)25(31)26-20-12-11-18-13-15-29(21-9-6-10-21)16-14-19(18)17-20/h3-5,7-8,11-12,17,21H,2,6,9-10,13-16H2,1H3,(H,26,31). The number of fused-ring (bicyclic) bond motifs is 1. The van der Waals surface area contributed by atoms with Crippen molar-refractivity contribution in [1.29, 1.82) is 0 Å². The first-order valence-electron chi connectivity index (χ1n) is 11.4. The minimum absolute atomic E-state index is 0.171. The van der Waals surface area contributed by atoms with Gasteiger partial charge in [-0.2, -0.15) is 0 Å². The largest absolute Gasteiger partial charge is 0.321 e. The van der Waals surface area contributed by atoms with Crippen LogP contribution in [0.1, 0.15) is 53.5 Å². The molecule has 6 heteroatoms. The number of nitrogens with zero attached hydrogens (tertiary/aromatic N) is 4. The summed E-state index contributed by atoms with van der Waals surface area (Å²) in [5.74, 6) is -0.171. The van der Waals surface area contributed by atoms with E-state index in [9.17, 15) is 4.79 Å². The smallest absolute Gasteiger partial charge is 0.276 e. The number of hydrogen-bond donors (Lipinski definition) is 1. The van der Waals surface area contributed by atoms with Gasteiger partial charge >= 0.3 is 0 Å². The molecule has 0 saturated heterocycles. The van der Waals surface area contributed by atoms with Crippen LogP contribution in [0, 0.1) is 0 Å². The van der Waals surface area contributed by atoms with Crippen molar-refractivity contribution in [1.82, 2.24) is 19.9 Å². The fraction of sp³-hybridized carbons (Fsp3) is 0.400. The number of nitrogens with one attached hydrogen (secondary N) is 1. The molecule has 0 unspecified atom stereocenters. The van der Waals surface area contributed by atoms with Gasteiger partial charge in [-0.05, 0) is 67.5 Å². The van der Waals surface area contributed by atoms with Crippen molar-refractivity contribution < 1.29 is 4.79 Å². The van der Waals surface area contributed by atoms with Crippen molar-refractivity contribution in [2.45, 2.75) is 51.5 Å². The van der Waals surface area contributed by atoms with Gasteiger partial charge in [0, 0.05) is 24.8 Å². The Balaban J connectivity index is 1.36. The van der Waals surface area contributed by atoms with Gasteiger partial charge in [0.15, 0.2) is 5.69 Å². The van der Waals surface area contributed by atoms with Crippen LogP contribution in [0.5, 0.6) is 0 Å². The second-order valence-electron chi connectivity index (χ2n) is 8.54. The molecule has 31 heavy (non-hydrogen) atoms. The number of aryl methyl sites for hydroxylation is 1. The molecule has 6 nitrogen and oxygen atoms in total. The van der Waals surface area contributed by atoms with E-state index in [1.165, 1.54) is 30.4 Å². The second kappa shape index (κ2) is 8.63. The summed E-state index contributed by atoms with van der Waals surface area (Å²) in [7, 11) is 0. The molecule has 1 saturated carbocycles. The molecule has 5 rings (SSSR count). The predicted octanol–water partition coefficient (Wildman–Crippen LogP) is 4.04. The van der Waals surface area contributed by atoms with E-state index in [1.54, 1.807) is 4.68 Å². The van der Waals surface area contributed by atoms with E-state index in [1.807, 2.05) is 43.3 Å². The maximum atomic E-state index is 13.3. The third-order valence-corrected chi connectivity index (χ3v) is 6.68. The third-order valence-electron chi connectivity index (χ3n) is 6.68. The SMILES string of the molecule is CCc1nnn(-c2ccccc2)c1C(=O)Nc1ccc2c(c1)CCN(C1CCC1)CC2. The first-order valence-corrected chi connectivity index (χ1v) is 11.4. The van der Waals surface area contributed by atoms with E-state index in [0.29, 0.717) is 17.8 Å². The lowest BCUT2D eigenvalue weighted by atomic mass is 9.91. The first-order chi connectivity index (χ1) is 15.2. The molecular weight excluding hydrogens is 386 g/mol. The van der Waals surface area contributed by atoms with E-state index in [4.69, 9.17) is 0 Å². The molecule has 1 N–H and O–H groups in total. The van der Waals surface area contributed by atoms with E-state index in [-0.39, 0.29) is 5.91 Å². The highest BCUT2D eigenvalue weighted by molar-refractivity contribution is 6.04. The van der Waals surface area contributed by atoms with E-state index < -0.39 is 0 Å². The topological polar surface area (TPSA) is 63.1 Å². The average Bonchev–Trinajstić information content (AvgIpc) is 3.10. The van der Waals surface area contributed by atoms with Crippen LogP contribution < -0.4 is 5.32 Å². The minimum Gasteiger partial charge on any atom is -0.321 e. The Morgan fingerprint density at radius 3 is 2.55 bits per heavy atom. The molecule has 1 aliphatic heterocycles. The van der Waals surface area contributed by atoms with Crippen molar-refractivity contribution in [3.05, 3.63) is 71.0 Å². The summed E-state index contributed by atoms with van der Waals surface area (Å²) in [6.07, 6.45) is 6.85. The monoisotopic (exact) mass is 415 g/mol. The lowest BCUT2D eigenvalue weighted by Gasteiger charge is -2.36. The molecule has 2 aliphatic rings. The van der Waals surface area contributed by atoms with Crippen molar-refractivity contribution in [2.24, 2.45) is 0 Å². The number of rotatable bonds is 5. The maximum absolute atomic E-state index is 13.3. The van der Waals surface area contributed by atoms with Gasteiger partial charge < -0.3 is 5.32 Å². The molecule has 0 bridgehead atoms. The lowest BCUT2D eigenvalue weighted by Crippen LogP contribution is -2.41. The predicted molar refractivity (Wildman–Crippen MR) is 122 cm³/mol. The Morgan fingerprint density at radius 1 is 1.06 bits per heavy atom. The van der Waals surface area contributed by atoms with Crippen LogP contribution in [0.3, 0.4) is 0 Å². The van der Waals surface area contributed by atoms with Gasteiger partial charge in [-0.25, -0.2) is 4.68 Å². The highest BCUT2D eigenvalue weighted by Gasteiger charge is 2.26. The van der Waals surface area contributed by atoms with Crippen LogP contribution in [-0.4, -0.2) is 44.9 Å². The van der Waals surface area contributed by atoms with Gasteiger partial charge in [0.2, 0.25) is 0 Å². The van der Waals surface area contributed by atoms with Crippen molar-refractivity contribution in [3.8, 4) is 5.69 Å². The molecule has 1 aromatic heterocycles. The summed E-state index contributed by atoms with van der Waals surface area (Å²) >= 11 is 0. The van der Waals surface area contributed by atoms with Gasteiger partial charge in [0.05, 0.1) is 11.4 Å². The molecule has 0 atom stereocenters. The normalized spacial score (nSPS) is 16.9. The van der Waals surface area contributed by atoms with Crippen molar-refractivity contribution >= 4 is 11.6 Å². The first kappa shape index (κ1) is 19.9. The lowest BCUT2D eigenvalue weighted by molar-refractivity contribution is 0.101. The van der Waals surface area contributed by atoms with E-state index in [2.05, 4.69) is 32.7 Å². The van der Waals surface area contributed by atoms with Crippen molar-refractivity contribution in [3.63, 3.8) is 0 Å². The molecular formula is C25H29N5O. The fourth-order valence-electron chi connectivity index (χ4n) is 4.66. The summed E-state index contributed by atoms with van der Waals surface area (Å²) in [6.45, 7) is 4.25. The summed E-state index contributed by atoms with van der Waals surface area (Å²) in [5, 5.41) is 11.6. The van der Waals surface area contributed by atoms with Crippen molar-refractivity contribution in [2.75, 3.05) is 18.4 Å². The molecule has 0 radical (unpaired) electrons. The number of hydrogen-bond acceptors (Lipinski definition) is 4. The van der Waals surface area contributed by atoms with Crippen LogP contribution in [0.2, 0.25) is 0 Å². The van der Waals surface area contributed by atoms with Gasteiger partial charge in [-0.15, -0.1) is 5.10 Å². The highest BCUT2D eigenvalue weighted by Crippen LogP contribution is 2.28. The molecule has 160 valence electrons. The average molecular weight is 416 g/mol. The Hall–Kier alpha value is -2.99. The van der Waals surface area contributed by atoms with Crippen LogP contribution in [0.25, 0.3) is 5.69 Å². The number of benzene rings is 2. The van der Waals surface area contributed by atoms with Gasteiger partial charge in [0.25, 0.3) is 5.91 Å². The Labute approximate surface area is 183 Å². The molecule has 1 aliphatic carbocycles. The summed E-state index contributed by atoms with van der Waals surface area (Å²) in [5.41, 5.74) is 5.63. The summed E-state index contributed by atoms with van der Waals surface area (Å²) in [4.78, 5) is 15.9. The minimum atomic E-state index is -0.171. The van der Waals surface area contributed by atoms with E-state index >= 15 is 0 Å². The summed E-state index contributed by atoms with van der Waals surface area (Å²) < 4.78 is 1.63. The number of carbonyl (C=O) groups excluding carboxylic acids is 1. The Morgan fingerprint density at radius 2 is 1.84 bits per heavy atom. The number of anilines is 1. The van der Waals surface area contributed by atoms with E-state index in [0.717, 1.165) is 43.3 Å². The van der Waals surface area contributed by atoms with Gasteiger partial charge in [-0.1, -0.05) is 42.8 Å². The van der Waals surface area contributed by atoms with Crippen LogP contribution >= 0.6 is 0 Å². The zero-order chi connectivity index (χ0) is 21.2. The van der Waals surface area contributed by atoms with Crippen LogP contribution in [0.4, 0.5) is 5.69 Å². The zero-order valence-electron chi connectivity index (χ0n) is 18.1. The number of aromatic nitrogens is 3. The molecule has 2 heterocycles. The molecule has 0 spiro atoms. The van der Waals surface area contributed by atoms with Gasteiger partial charge in [-0.3, -0.25) is 9.69 Å². The summed E-state index contributed by atoms with van der Waals surface area (Å²) in [6, 6.07) is 16.8. The van der Waals surface area contributed by atoms with Crippen LogP contribution in [0.15, 0.2) is 48.5 Å². The number of amides is 1. The van der Waals surface area contributed by atoms with Gasteiger partial charge in [0.1, 0.15) is 0 Å². The molecule has 2 aromatic carbocycles. The second-order valence-corrected chi connectivity index (χ2v) is 8.54.